The fourth-order valence-corrected chi connectivity index (χ4v) is 6.91. The molecule has 6 rings (SSSR count). The topological polar surface area (TPSA) is 190 Å². The monoisotopic (exact) mass is 764 g/mol. The van der Waals surface area contributed by atoms with Crippen molar-refractivity contribution < 1.29 is 62.5 Å². The zero-order valence-electron chi connectivity index (χ0n) is 30.8. The second-order valence-corrected chi connectivity index (χ2v) is 13.7. The van der Waals surface area contributed by atoms with Crippen molar-refractivity contribution in [3.05, 3.63) is 108 Å². The van der Waals surface area contributed by atoms with Gasteiger partial charge in [-0.3, -0.25) is 9.59 Å². The first-order valence-electron chi connectivity index (χ1n) is 18.2. The molecule has 3 aromatic rings. The van der Waals surface area contributed by atoms with Crippen LogP contribution in [0.15, 0.2) is 91.0 Å². The van der Waals surface area contributed by atoms with Gasteiger partial charge in [-0.2, -0.15) is 0 Å². The minimum atomic E-state index is -1.53. The number of aliphatic hydroxyl groups excluding tert-OH is 1. The number of carbonyl (C=O) groups is 3. The molecule has 0 radical (unpaired) electrons. The van der Waals surface area contributed by atoms with Crippen molar-refractivity contribution in [1.82, 2.24) is 10.6 Å². The van der Waals surface area contributed by atoms with E-state index in [-0.39, 0.29) is 26.4 Å². The maximum absolute atomic E-state index is 12.8. The van der Waals surface area contributed by atoms with Crippen LogP contribution in [0.4, 0.5) is 0 Å². The molecule has 296 valence electrons. The standard InChI is InChI=1S/C40H48N2O13/c1-23(37(45)46)51-36-32(42-25(3)44)40(53-30-22-50-39(54-34(30)36)28-17-11-6-12-18-28)55-33-29(21-48-19-26-13-7-4-8-14-26)52-38(47)31(41-24(2)43)35(33)49-20-27-15-9-5-10-16-27/h4-18,23,29-36,38-40,47H,19-22H2,1-3H3,(H,41,43)(H,42,44)(H,45,46)/t23?,29-,30-,31-,32-,33-,34-,35-,36-,38+,39?,40+/m1/s1. The Bertz CT molecular complexity index is 1690. The number of fused-ring (bicyclic) bond motifs is 1. The molecule has 3 aliphatic heterocycles. The van der Waals surface area contributed by atoms with Gasteiger partial charge in [0.05, 0.1) is 26.4 Å². The van der Waals surface area contributed by atoms with Crippen LogP contribution in [0, 0.1) is 0 Å². The predicted octanol–water partition coefficient (Wildman–Crippen LogP) is 2.60. The molecule has 3 heterocycles. The number of aliphatic hydroxyl groups is 1. The van der Waals surface area contributed by atoms with E-state index < -0.39 is 91.5 Å². The third kappa shape index (κ3) is 10.5. The van der Waals surface area contributed by atoms with Crippen molar-refractivity contribution >= 4 is 17.8 Å². The number of carboxylic acids is 1. The van der Waals surface area contributed by atoms with Gasteiger partial charge in [0.2, 0.25) is 11.8 Å². The number of nitrogens with one attached hydrogen (secondary N) is 2. The molecule has 3 saturated heterocycles. The molecule has 4 N–H and O–H groups in total. The Morgan fingerprint density at radius 1 is 0.782 bits per heavy atom. The summed E-state index contributed by atoms with van der Waals surface area (Å²) < 4.78 is 50.6. The Balaban J connectivity index is 1.34. The van der Waals surface area contributed by atoms with E-state index in [0.29, 0.717) is 0 Å². The lowest BCUT2D eigenvalue weighted by molar-refractivity contribution is -0.371. The molecule has 0 aliphatic carbocycles. The first-order valence-corrected chi connectivity index (χ1v) is 18.2. The van der Waals surface area contributed by atoms with Gasteiger partial charge in [-0.15, -0.1) is 0 Å². The fourth-order valence-electron chi connectivity index (χ4n) is 6.91. The average molecular weight is 765 g/mol. The summed E-state index contributed by atoms with van der Waals surface area (Å²) in [6.07, 6.45) is -11.1. The van der Waals surface area contributed by atoms with Gasteiger partial charge in [0.25, 0.3) is 0 Å². The van der Waals surface area contributed by atoms with Crippen LogP contribution in [0.5, 0.6) is 0 Å². The largest absolute Gasteiger partial charge is 0.479 e. The first kappa shape index (κ1) is 40.4. The Morgan fingerprint density at radius 2 is 1.38 bits per heavy atom. The van der Waals surface area contributed by atoms with Crippen molar-refractivity contribution in [2.75, 3.05) is 13.2 Å². The minimum absolute atomic E-state index is 0.00411. The summed E-state index contributed by atoms with van der Waals surface area (Å²) in [5.74, 6) is -2.16. The van der Waals surface area contributed by atoms with Gasteiger partial charge >= 0.3 is 5.97 Å². The van der Waals surface area contributed by atoms with Crippen LogP contribution in [0.1, 0.15) is 43.8 Å². The second kappa shape index (κ2) is 19.0. The molecule has 0 saturated carbocycles. The van der Waals surface area contributed by atoms with E-state index >= 15 is 0 Å². The number of carboxylic acid groups (broad SMARTS) is 1. The lowest BCUT2D eigenvalue weighted by atomic mass is 9.93. The molecule has 3 aliphatic rings. The molecule has 15 heteroatoms. The highest BCUT2D eigenvalue weighted by Gasteiger charge is 2.55. The zero-order chi connectivity index (χ0) is 38.9. The van der Waals surface area contributed by atoms with Crippen molar-refractivity contribution in [3.63, 3.8) is 0 Å². The van der Waals surface area contributed by atoms with E-state index in [9.17, 15) is 24.6 Å². The summed E-state index contributed by atoms with van der Waals surface area (Å²) in [5.41, 5.74) is 2.43. The number of hydrogen-bond donors (Lipinski definition) is 4. The van der Waals surface area contributed by atoms with Gasteiger partial charge in [0, 0.05) is 19.4 Å². The third-order valence-electron chi connectivity index (χ3n) is 9.50. The van der Waals surface area contributed by atoms with E-state index in [1.54, 1.807) is 0 Å². The Hall–Kier alpha value is -4.29. The average Bonchev–Trinajstić information content (AvgIpc) is 3.18. The number of benzene rings is 3. The van der Waals surface area contributed by atoms with Crippen LogP contribution in [0.3, 0.4) is 0 Å². The molecule has 2 unspecified atom stereocenters. The number of carbonyl (C=O) groups excluding carboxylic acids is 2. The molecule has 0 spiro atoms. The lowest BCUT2D eigenvalue weighted by Gasteiger charge is -2.52. The highest BCUT2D eigenvalue weighted by Crippen LogP contribution is 2.38. The third-order valence-corrected chi connectivity index (χ3v) is 9.50. The van der Waals surface area contributed by atoms with Crippen LogP contribution >= 0.6 is 0 Å². The van der Waals surface area contributed by atoms with Crippen LogP contribution in [-0.2, 0) is 65.5 Å². The Morgan fingerprint density at radius 3 is 2.00 bits per heavy atom. The molecule has 0 aromatic heterocycles. The number of rotatable bonds is 15. The van der Waals surface area contributed by atoms with E-state index in [1.165, 1.54) is 20.8 Å². The summed E-state index contributed by atoms with van der Waals surface area (Å²) in [6, 6.07) is 25.7. The van der Waals surface area contributed by atoms with Crippen molar-refractivity contribution in [2.24, 2.45) is 0 Å². The summed E-state index contributed by atoms with van der Waals surface area (Å²) in [4.78, 5) is 37.4. The molecular weight excluding hydrogens is 716 g/mol. The van der Waals surface area contributed by atoms with Gasteiger partial charge in [-0.1, -0.05) is 91.0 Å². The summed E-state index contributed by atoms with van der Waals surface area (Å²) in [6.45, 7) is 4.19. The van der Waals surface area contributed by atoms with E-state index in [2.05, 4.69) is 10.6 Å². The van der Waals surface area contributed by atoms with Crippen LogP contribution in [0.2, 0.25) is 0 Å². The van der Waals surface area contributed by atoms with Crippen molar-refractivity contribution in [1.29, 1.82) is 0 Å². The predicted molar refractivity (Wildman–Crippen MR) is 193 cm³/mol. The maximum atomic E-state index is 12.8. The van der Waals surface area contributed by atoms with E-state index in [4.69, 9.17) is 37.9 Å². The maximum Gasteiger partial charge on any atom is 0.332 e. The zero-order valence-corrected chi connectivity index (χ0v) is 30.8. The molecule has 55 heavy (non-hydrogen) atoms. The van der Waals surface area contributed by atoms with Crippen molar-refractivity contribution in [3.8, 4) is 0 Å². The van der Waals surface area contributed by atoms with Crippen LogP contribution < -0.4 is 10.6 Å². The number of hydrogen-bond acceptors (Lipinski definition) is 12. The molecule has 3 fully saturated rings. The van der Waals surface area contributed by atoms with Crippen LogP contribution in [-0.4, -0.2) is 109 Å². The Kier molecular flexibility index (Phi) is 14.0. The lowest BCUT2D eigenvalue weighted by Crippen LogP contribution is -2.71. The molecule has 0 bridgehead atoms. The number of ether oxygens (including phenoxy) is 8. The first-order chi connectivity index (χ1) is 26.6. The molecule has 2 amide bonds. The van der Waals surface area contributed by atoms with Crippen molar-refractivity contribution in [2.45, 2.75) is 108 Å². The molecule has 3 aromatic carbocycles. The molecule has 15 nitrogen and oxygen atoms in total. The van der Waals surface area contributed by atoms with Gasteiger partial charge in [-0.05, 0) is 18.1 Å². The highest BCUT2D eigenvalue weighted by atomic mass is 16.8. The second-order valence-electron chi connectivity index (χ2n) is 13.7. The van der Waals surface area contributed by atoms with Crippen LogP contribution in [0.25, 0.3) is 0 Å². The number of aliphatic carboxylic acids is 1. The number of amides is 2. The van der Waals surface area contributed by atoms with Gasteiger partial charge in [0.1, 0.15) is 48.7 Å². The minimum Gasteiger partial charge on any atom is -0.479 e. The van der Waals surface area contributed by atoms with Gasteiger partial charge in [-0.25, -0.2) is 4.79 Å². The smallest absolute Gasteiger partial charge is 0.332 e. The summed E-state index contributed by atoms with van der Waals surface area (Å²) >= 11 is 0. The molecular formula is C40H48N2O13. The fraction of sp³-hybridized carbons (Fsp3) is 0.475. The molecule has 12 atom stereocenters. The van der Waals surface area contributed by atoms with E-state index in [0.717, 1.165) is 16.7 Å². The van der Waals surface area contributed by atoms with E-state index in [1.807, 2.05) is 91.0 Å². The van der Waals surface area contributed by atoms with Gasteiger partial charge in [0.15, 0.2) is 25.0 Å². The Labute approximate surface area is 319 Å². The summed E-state index contributed by atoms with van der Waals surface area (Å²) in [5, 5.41) is 26.8. The normalized spacial score (nSPS) is 31.1. The van der Waals surface area contributed by atoms with Gasteiger partial charge < -0.3 is 58.7 Å². The quantitative estimate of drug-likeness (QED) is 0.177. The summed E-state index contributed by atoms with van der Waals surface area (Å²) in [7, 11) is 0. The SMILES string of the molecule is CC(=O)N[C@@H]1[C@@H](OCc2ccccc2)[C@H](O[C@@H]2O[C@@H]3COC(c4ccccc4)O[C@H]3[C@H](OC(C)C(=O)O)[C@H]2NC(C)=O)[C@@H](COCc2ccccc2)O[C@@H]1O. The highest BCUT2D eigenvalue weighted by molar-refractivity contribution is 5.74.